The van der Waals surface area contributed by atoms with E-state index in [1.165, 1.54) is 0 Å². The average molecular weight is 393 g/mol. The Hall–Kier alpha value is -4.12. The van der Waals surface area contributed by atoms with Gasteiger partial charge >= 0.3 is 0 Å². The van der Waals surface area contributed by atoms with E-state index in [9.17, 15) is 4.79 Å². The number of aromatic nitrogens is 2. The highest BCUT2D eigenvalue weighted by molar-refractivity contribution is 6.21. The van der Waals surface area contributed by atoms with E-state index in [0.29, 0.717) is 5.56 Å². The van der Waals surface area contributed by atoms with Gasteiger partial charge in [0.15, 0.2) is 0 Å². The zero-order valence-electron chi connectivity index (χ0n) is 16.4. The molecule has 30 heavy (non-hydrogen) atoms. The third-order valence-corrected chi connectivity index (χ3v) is 5.18. The molecule has 0 aliphatic carbocycles. The largest absolute Gasteiger partial charge is 0.497 e. The van der Waals surface area contributed by atoms with Gasteiger partial charge in [-0.2, -0.15) is 0 Å². The fourth-order valence-corrected chi connectivity index (χ4v) is 3.63. The standard InChI is InChI=1S/C25H19N3O2/c1-30-20-13-11-17(12-14-20)24-22(15-18-16-26-23-10-6-5-9-21(18)23)25(29)28(27-24)19-7-3-2-4-8-19/h2-16,27H,1H3/b18-15-. The molecule has 0 radical (unpaired) electrons. The van der Waals surface area contributed by atoms with E-state index in [0.717, 1.165) is 39.5 Å². The number of benzene rings is 3. The van der Waals surface area contributed by atoms with Crippen LogP contribution < -0.4 is 10.3 Å². The first-order valence-corrected chi connectivity index (χ1v) is 9.64. The molecule has 146 valence electrons. The maximum atomic E-state index is 13.4. The van der Waals surface area contributed by atoms with Crippen molar-refractivity contribution in [2.45, 2.75) is 0 Å². The second-order valence-corrected chi connectivity index (χ2v) is 6.98. The number of allylic oxidation sites excluding steroid dienone is 1. The topological polar surface area (TPSA) is 59.4 Å². The number of H-pyrrole nitrogens is 1. The number of rotatable bonds is 4. The molecule has 2 heterocycles. The summed E-state index contributed by atoms with van der Waals surface area (Å²) in [5.41, 5.74) is 5.74. The number of nitrogens with one attached hydrogen (secondary N) is 1. The zero-order chi connectivity index (χ0) is 20.5. The molecule has 0 atom stereocenters. The van der Waals surface area contributed by atoms with Crippen LogP contribution in [-0.2, 0) is 0 Å². The lowest BCUT2D eigenvalue weighted by atomic mass is 10.0. The molecule has 1 aromatic heterocycles. The summed E-state index contributed by atoms with van der Waals surface area (Å²) in [7, 11) is 1.63. The molecule has 3 aromatic carbocycles. The summed E-state index contributed by atoms with van der Waals surface area (Å²) in [5, 5.41) is 3.29. The van der Waals surface area contributed by atoms with Crippen molar-refractivity contribution in [2.24, 2.45) is 4.99 Å². The van der Waals surface area contributed by atoms with Crippen molar-refractivity contribution in [2.75, 3.05) is 7.11 Å². The highest BCUT2D eigenvalue weighted by atomic mass is 16.5. The van der Waals surface area contributed by atoms with E-state index in [2.05, 4.69) is 10.1 Å². The highest BCUT2D eigenvalue weighted by Gasteiger charge is 2.18. The summed E-state index contributed by atoms with van der Waals surface area (Å²) in [6, 6.07) is 25.1. The van der Waals surface area contributed by atoms with Crippen molar-refractivity contribution in [3.63, 3.8) is 0 Å². The molecule has 0 bridgehead atoms. The second-order valence-electron chi connectivity index (χ2n) is 6.98. The van der Waals surface area contributed by atoms with Crippen molar-refractivity contribution in [3.8, 4) is 22.7 Å². The molecular weight excluding hydrogens is 374 g/mol. The predicted octanol–water partition coefficient (Wildman–Crippen LogP) is 5.10. The van der Waals surface area contributed by atoms with Crippen molar-refractivity contribution in [1.82, 2.24) is 9.78 Å². The number of para-hydroxylation sites is 2. The Morgan fingerprint density at radius 1 is 0.933 bits per heavy atom. The van der Waals surface area contributed by atoms with E-state index < -0.39 is 0 Å². The first kappa shape index (κ1) is 17.9. The summed E-state index contributed by atoms with van der Waals surface area (Å²) in [5.74, 6) is 0.764. The lowest BCUT2D eigenvalue weighted by Gasteiger charge is -2.04. The van der Waals surface area contributed by atoms with Crippen LogP contribution in [0.4, 0.5) is 5.69 Å². The minimum atomic E-state index is -0.114. The molecule has 5 heteroatoms. The van der Waals surface area contributed by atoms with Crippen LogP contribution in [0, 0.1) is 0 Å². The van der Waals surface area contributed by atoms with Crippen LogP contribution in [0.2, 0.25) is 0 Å². The summed E-state index contributed by atoms with van der Waals surface area (Å²) < 4.78 is 6.85. The van der Waals surface area contributed by atoms with Gasteiger partial charge in [0.05, 0.1) is 29.7 Å². The van der Waals surface area contributed by atoms with E-state index in [1.807, 2.05) is 91.2 Å². The predicted molar refractivity (Wildman–Crippen MR) is 121 cm³/mol. The zero-order valence-corrected chi connectivity index (χ0v) is 16.4. The number of hydrogen-bond acceptors (Lipinski definition) is 3. The molecule has 5 nitrogen and oxygen atoms in total. The Kier molecular flexibility index (Phi) is 4.41. The first-order valence-electron chi connectivity index (χ1n) is 9.64. The van der Waals surface area contributed by atoms with Crippen LogP contribution in [0.15, 0.2) is 88.6 Å². The quantitative estimate of drug-likeness (QED) is 0.524. The molecule has 1 aliphatic rings. The smallest absolute Gasteiger partial charge is 0.279 e. The van der Waals surface area contributed by atoms with Gasteiger partial charge in [-0.1, -0.05) is 36.4 Å². The van der Waals surface area contributed by atoms with Gasteiger partial charge in [0.25, 0.3) is 5.56 Å². The molecule has 0 unspecified atom stereocenters. The Bertz CT molecular complexity index is 1330. The molecule has 0 saturated heterocycles. The third-order valence-electron chi connectivity index (χ3n) is 5.18. The van der Waals surface area contributed by atoms with Crippen molar-refractivity contribution < 1.29 is 4.74 Å². The molecule has 0 fully saturated rings. The molecule has 0 amide bonds. The van der Waals surface area contributed by atoms with Crippen molar-refractivity contribution in [3.05, 3.63) is 100 Å². The SMILES string of the molecule is COc1ccc(-c2[nH]n(-c3ccccc3)c(=O)c2/C=C2/C=Nc3ccccc32)cc1. The first-order chi connectivity index (χ1) is 14.7. The van der Waals surface area contributed by atoms with E-state index in [-0.39, 0.29) is 5.56 Å². The number of aliphatic imine (C=N–C) groups is 1. The summed E-state index contributed by atoms with van der Waals surface area (Å²) in [6.45, 7) is 0. The molecule has 4 aromatic rings. The maximum absolute atomic E-state index is 13.4. The molecule has 1 N–H and O–H groups in total. The monoisotopic (exact) mass is 393 g/mol. The number of nitrogens with zero attached hydrogens (tertiary/aromatic N) is 2. The Morgan fingerprint density at radius 3 is 2.43 bits per heavy atom. The molecular formula is C25H19N3O2. The van der Waals surface area contributed by atoms with Crippen LogP contribution >= 0.6 is 0 Å². The van der Waals surface area contributed by atoms with Gasteiger partial charge in [0.1, 0.15) is 5.75 Å². The Morgan fingerprint density at radius 2 is 1.67 bits per heavy atom. The lowest BCUT2D eigenvalue weighted by Crippen LogP contribution is -2.15. The number of aromatic amines is 1. The Balaban J connectivity index is 1.71. The fraction of sp³-hybridized carbons (Fsp3) is 0.0400. The minimum absolute atomic E-state index is 0.114. The third kappa shape index (κ3) is 3.06. The van der Waals surface area contributed by atoms with Crippen LogP contribution in [0.5, 0.6) is 5.75 Å². The summed E-state index contributed by atoms with van der Waals surface area (Å²) >= 11 is 0. The number of fused-ring (bicyclic) bond motifs is 1. The highest BCUT2D eigenvalue weighted by Crippen LogP contribution is 2.33. The molecule has 0 saturated carbocycles. The van der Waals surface area contributed by atoms with E-state index >= 15 is 0 Å². The van der Waals surface area contributed by atoms with Crippen molar-refractivity contribution in [1.29, 1.82) is 0 Å². The van der Waals surface area contributed by atoms with Gasteiger partial charge in [-0.3, -0.25) is 14.9 Å². The lowest BCUT2D eigenvalue weighted by molar-refractivity contribution is 0.415. The van der Waals surface area contributed by atoms with Gasteiger partial charge in [-0.05, 0) is 48.5 Å². The van der Waals surface area contributed by atoms with Gasteiger partial charge in [-0.15, -0.1) is 0 Å². The minimum Gasteiger partial charge on any atom is -0.497 e. The van der Waals surface area contributed by atoms with Crippen LogP contribution in [0.1, 0.15) is 11.1 Å². The van der Waals surface area contributed by atoms with Gasteiger partial charge in [0.2, 0.25) is 0 Å². The molecule has 5 rings (SSSR count). The van der Waals surface area contributed by atoms with Gasteiger partial charge < -0.3 is 4.74 Å². The number of methoxy groups -OCH3 is 1. The van der Waals surface area contributed by atoms with E-state index in [4.69, 9.17) is 4.74 Å². The van der Waals surface area contributed by atoms with Gasteiger partial charge in [0, 0.05) is 22.9 Å². The normalized spacial score (nSPS) is 13.6. The molecule has 1 aliphatic heterocycles. The van der Waals surface area contributed by atoms with Crippen molar-refractivity contribution >= 4 is 23.6 Å². The molecule has 0 spiro atoms. The summed E-state index contributed by atoms with van der Waals surface area (Å²) in [6.07, 6.45) is 3.72. The van der Waals surface area contributed by atoms with Gasteiger partial charge in [-0.25, -0.2) is 4.68 Å². The van der Waals surface area contributed by atoms with Crippen LogP contribution in [0.3, 0.4) is 0 Å². The Labute approximate surface area is 173 Å². The van der Waals surface area contributed by atoms with E-state index in [1.54, 1.807) is 11.8 Å². The van der Waals surface area contributed by atoms with Crippen LogP contribution in [0.25, 0.3) is 28.6 Å². The fourth-order valence-electron chi connectivity index (χ4n) is 3.63. The summed E-state index contributed by atoms with van der Waals surface area (Å²) in [4.78, 5) is 17.9. The maximum Gasteiger partial charge on any atom is 0.279 e. The average Bonchev–Trinajstić information content (AvgIpc) is 3.36. The second kappa shape index (κ2) is 7.37. The number of hydrogen-bond donors (Lipinski definition) is 1. The van der Waals surface area contributed by atoms with Crippen LogP contribution in [-0.4, -0.2) is 23.1 Å². The number of ether oxygens (including phenoxy) is 1.